The summed E-state index contributed by atoms with van der Waals surface area (Å²) in [6.07, 6.45) is 4.31. The molecule has 12 heteroatoms. The second-order valence-electron chi connectivity index (χ2n) is 9.52. The second kappa shape index (κ2) is 9.87. The van der Waals surface area contributed by atoms with Gasteiger partial charge in [0.2, 0.25) is 10.0 Å². The number of hydrogen-bond acceptors (Lipinski definition) is 7. The van der Waals surface area contributed by atoms with E-state index < -0.39 is 14.9 Å². The molecule has 4 rings (SSSR count). The number of nitro benzene ring substituents is 1. The highest BCUT2D eigenvalue weighted by atomic mass is 32.2. The molecular weight excluding hydrogens is 460 g/mol. The van der Waals surface area contributed by atoms with Crippen molar-refractivity contribution in [2.45, 2.75) is 63.9 Å². The van der Waals surface area contributed by atoms with Crippen LogP contribution in [-0.2, 0) is 29.5 Å². The number of hydrogen-bond donors (Lipinski definition) is 1. The summed E-state index contributed by atoms with van der Waals surface area (Å²) < 4.78 is 30.9. The van der Waals surface area contributed by atoms with E-state index in [0.717, 1.165) is 37.6 Å². The van der Waals surface area contributed by atoms with E-state index in [-0.39, 0.29) is 33.8 Å². The Bertz CT molecular complexity index is 1210. The van der Waals surface area contributed by atoms with Crippen molar-refractivity contribution in [3.63, 3.8) is 0 Å². The number of anilines is 1. The van der Waals surface area contributed by atoms with Crippen molar-refractivity contribution in [1.82, 2.24) is 18.7 Å². The predicted octanol–water partition coefficient (Wildman–Crippen LogP) is 2.46. The molecule has 1 N–H and O–H groups in total. The fourth-order valence-corrected chi connectivity index (χ4v) is 6.67. The highest BCUT2D eigenvalue weighted by Gasteiger charge is 2.33. The number of nitro groups is 1. The van der Waals surface area contributed by atoms with Crippen LogP contribution in [0.25, 0.3) is 0 Å². The Balaban J connectivity index is 1.43. The number of benzene rings is 1. The largest absolute Gasteiger partial charge is 0.379 e. The fraction of sp³-hybridized carbons (Fsp3) is 0.636. The van der Waals surface area contributed by atoms with Crippen LogP contribution < -0.4 is 11.0 Å². The number of rotatable bonds is 8. The van der Waals surface area contributed by atoms with Gasteiger partial charge in [-0.1, -0.05) is 13.8 Å². The minimum Gasteiger partial charge on any atom is -0.379 e. The molecule has 2 unspecified atom stereocenters. The van der Waals surface area contributed by atoms with Crippen LogP contribution in [0.3, 0.4) is 0 Å². The van der Waals surface area contributed by atoms with Crippen molar-refractivity contribution in [1.29, 1.82) is 0 Å². The molecule has 0 spiro atoms. The molecule has 2 aromatic rings. The van der Waals surface area contributed by atoms with Crippen molar-refractivity contribution in [3.05, 3.63) is 44.6 Å². The molecule has 2 atom stereocenters. The Labute approximate surface area is 199 Å². The molecular formula is C22H32N6O5S. The highest BCUT2D eigenvalue weighted by molar-refractivity contribution is 7.89. The smallest absolute Gasteiger partial charge is 0.345 e. The zero-order valence-corrected chi connectivity index (χ0v) is 20.5. The summed E-state index contributed by atoms with van der Waals surface area (Å²) in [5.41, 5.74) is -0.147. The van der Waals surface area contributed by atoms with E-state index in [1.54, 1.807) is 4.57 Å². The molecule has 186 valence electrons. The molecule has 0 bridgehead atoms. The Morgan fingerprint density at radius 2 is 1.94 bits per heavy atom. The van der Waals surface area contributed by atoms with Crippen LogP contribution >= 0.6 is 0 Å². The molecule has 0 saturated carbocycles. The van der Waals surface area contributed by atoms with Crippen molar-refractivity contribution < 1.29 is 13.3 Å². The van der Waals surface area contributed by atoms with Gasteiger partial charge in [-0.2, -0.15) is 9.40 Å². The minimum absolute atomic E-state index is 0.0683. The van der Waals surface area contributed by atoms with Gasteiger partial charge in [0.1, 0.15) is 11.5 Å². The summed E-state index contributed by atoms with van der Waals surface area (Å²) in [4.78, 5) is 23.5. The SMILES string of the molecule is CC1CC(C)CN(S(=O)(=O)c2ccc(NCCCn3nc4n(c3=O)CCCC4)c([N+](=O)[O-])c2)C1. The van der Waals surface area contributed by atoms with Crippen molar-refractivity contribution >= 4 is 21.4 Å². The lowest BCUT2D eigenvalue weighted by Crippen LogP contribution is -2.42. The van der Waals surface area contributed by atoms with Crippen LogP contribution in [0.2, 0.25) is 0 Å². The quantitative estimate of drug-likeness (QED) is 0.340. The van der Waals surface area contributed by atoms with Gasteiger partial charge in [-0.15, -0.1) is 0 Å². The number of piperidine rings is 1. The number of nitrogens with zero attached hydrogens (tertiary/aromatic N) is 5. The molecule has 0 amide bonds. The van der Waals surface area contributed by atoms with Crippen molar-refractivity contribution in [2.75, 3.05) is 25.0 Å². The van der Waals surface area contributed by atoms with Crippen molar-refractivity contribution in [2.24, 2.45) is 11.8 Å². The van der Waals surface area contributed by atoms with Crippen LogP contribution in [0.5, 0.6) is 0 Å². The Hall–Kier alpha value is -2.73. The molecule has 11 nitrogen and oxygen atoms in total. The van der Waals surface area contributed by atoms with E-state index in [2.05, 4.69) is 10.4 Å². The standard InChI is InChI=1S/C22H32N6O5S/c1-16-12-17(2)15-25(14-16)34(32,33)18-7-8-19(20(13-18)28(30)31)23-9-5-11-27-22(29)26-10-4-3-6-21(26)24-27/h7-8,13,16-17,23H,3-6,9-12,14-15H2,1-2H3. The molecule has 1 saturated heterocycles. The number of aromatic nitrogens is 3. The molecule has 3 heterocycles. The van der Waals surface area contributed by atoms with Gasteiger partial charge < -0.3 is 5.32 Å². The summed E-state index contributed by atoms with van der Waals surface area (Å²) in [5.74, 6) is 1.29. The van der Waals surface area contributed by atoms with Crippen LogP contribution in [0, 0.1) is 22.0 Å². The molecule has 2 aliphatic heterocycles. The molecule has 34 heavy (non-hydrogen) atoms. The minimum atomic E-state index is -3.82. The summed E-state index contributed by atoms with van der Waals surface area (Å²) >= 11 is 0. The maximum Gasteiger partial charge on any atom is 0.345 e. The van der Waals surface area contributed by atoms with Gasteiger partial charge in [-0.25, -0.2) is 17.9 Å². The first-order chi connectivity index (χ1) is 16.2. The third-order valence-corrected chi connectivity index (χ3v) is 8.36. The van der Waals surface area contributed by atoms with E-state index >= 15 is 0 Å². The molecule has 1 aromatic heterocycles. The first-order valence-electron chi connectivity index (χ1n) is 11.9. The lowest BCUT2D eigenvalue weighted by molar-refractivity contribution is -0.384. The van der Waals surface area contributed by atoms with Crippen molar-refractivity contribution in [3.8, 4) is 0 Å². The molecule has 0 aliphatic carbocycles. The zero-order chi connectivity index (χ0) is 24.5. The van der Waals surface area contributed by atoms with Gasteiger partial charge in [-0.3, -0.25) is 14.7 Å². The van der Waals surface area contributed by atoms with E-state index in [9.17, 15) is 23.3 Å². The molecule has 1 fully saturated rings. The number of sulfonamides is 1. The predicted molar refractivity (Wildman–Crippen MR) is 127 cm³/mol. The Morgan fingerprint density at radius 3 is 2.62 bits per heavy atom. The molecule has 2 aliphatic rings. The molecule has 0 radical (unpaired) electrons. The average Bonchev–Trinajstić information content (AvgIpc) is 3.11. The lowest BCUT2D eigenvalue weighted by Gasteiger charge is -2.34. The van der Waals surface area contributed by atoms with Gasteiger partial charge in [0.25, 0.3) is 5.69 Å². The zero-order valence-electron chi connectivity index (χ0n) is 19.6. The molecule has 1 aromatic carbocycles. The second-order valence-corrected chi connectivity index (χ2v) is 11.5. The summed E-state index contributed by atoms with van der Waals surface area (Å²) in [5, 5.41) is 19.1. The maximum absolute atomic E-state index is 13.1. The Morgan fingerprint density at radius 1 is 1.21 bits per heavy atom. The normalized spacial score (nSPS) is 21.2. The van der Waals surface area contributed by atoms with E-state index in [0.29, 0.717) is 39.1 Å². The van der Waals surface area contributed by atoms with Gasteiger partial charge in [-0.05, 0) is 49.7 Å². The van der Waals surface area contributed by atoms with Gasteiger partial charge in [0.15, 0.2) is 0 Å². The van der Waals surface area contributed by atoms with Gasteiger partial charge in [0, 0.05) is 45.2 Å². The summed E-state index contributed by atoms with van der Waals surface area (Å²) in [7, 11) is -3.82. The van der Waals surface area contributed by atoms with E-state index in [1.807, 2.05) is 13.8 Å². The highest BCUT2D eigenvalue weighted by Crippen LogP contribution is 2.31. The maximum atomic E-state index is 13.1. The first kappa shape index (κ1) is 24.4. The monoisotopic (exact) mass is 492 g/mol. The van der Waals surface area contributed by atoms with E-state index in [4.69, 9.17) is 0 Å². The number of fused-ring (bicyclic) bond motifs is 1. The Kier molecular flexibility index (Phi) is 7.08. The lowest BCUT2D eigenvalue weighted by atomic mass is 9.94. The van der Waals surface area contributed by atoms with Crippen LogP contribution in [0.1, 0.15) is 45.4 Å². The fourth-order valence-electron chi connectivity index (χ4n) is 4.97. The first-order valence-corrected chi connectivity index (χ1v) is 13.3. The summed E-state index contributed by atoms with van der Waals surface area (Å²) in [6.45, 7) is 6.33. The third kappa shape index (κ3) is 5.02. The van der Waals surface area contributed by atoms with Gasteiger partial charge in [0.05, 0.1) is 9.82 Å². The number of nitrogens with one attached hydrogen (secondary N) is 1. The summed E-state index contributed by atoms with van der Waals surface area (Å²) in [6, 6.07) is 4.00. The third-order valence-electron chi connectivity index (χ3n) is 6.53. The number of aryl methyl sites for hydroxylation is 2. The van der Waals surface area contributed by atoms with Crippen LogP contribution in [0.4, 0.5) is 11.4 Å². The topological polar surface area (TPSA) is 132 Å². The van der Waals surface area contributed by atoms with Gasteiger partial charge >= 0.3 is 5.69 Å². The van der Waals surface area contributed by atoms with Crippen LogP contribution in [0.15, 0.2) is 27.9 Å². The van der Waals surface area contributed by atoms with E-state index in [1.165, 1.54) is 21.1 Å². The average molecular weight is 493 g/mol. The van der Waals surface area contributed by atoms with Crippen LogP contribution in [-0.4, -0.2) is 51.6 Å².